The van der Waals surface area contributed by atoms with Crippen molar-refractivity contribution < 1.29 is 9.53 Å². The average molecular weight is 392 g/mol. The molecule has 3 rings (SSSR count). The number of anilines is 1. The molecule has 1 fully saturated rings. The normalized spacial score (nSPS) is 15.2. The summed E-state index contributed by atoms with van der Waals surface area (Å²) in [7, 11) is 3.53. The first-order valence-corrected chi connectivity index (χ1v) is 8.93. The van der Waals surface area contributed by atoms with Gasteiger partial charge in [0.05, 0.1) is 23.5 Å². The third kappa shape index (κ3) is 4.88. The minimum absolute atomic E-state index is 0.0128. The number of piperazine rings is 1. The van der Waals surface area contributed by atoms with Crippen LogP contribution < -0.4 is 15.0 Å². The van der Waals surface area contributed by atoms with Crippen LogP contribution in [0.5, 0.6) is 5.88 Å². The van der Waals surface area contributed by atoms with Gasteiger partial charge < -0.3 is 19.9 Å². The molecule has 2 aromatic heterocycles. The maximum Gasteiger partial charge on any atom is 0.246 e. The number of hydrogen-bond donors (Lipinski definition) is 1. The van der Waals surface area contributed by atoms with Crippen LogP contribution in [0, 0.1) is 0 Å². The molecule has 0 spiro atoms. The molecular weight excluding hydrogens is 370 g/mol. The number of pyridine rings is 1. The van der Waals surface area contributed by atoms with Crippen LogP contribution in [0.2, 0.25) is 5.02 Å². The van der Waals surface area contributed by atoms with Crippen molar-refractivity contribution in [1.82, 2.24) is 25.0 Å². The van der Waals surface area contributed by atoms with E-state index in [1.54, 1.807) is 35.0 Å². The molecule has 0 saturated carbocycles. The third-order valence-electron chi connectivity index (χ3n) is 4.07. The van der Waals surface area contributed by atoms with Crippen molar-refractivity contribution in [3.05, 3.63) is 35.7 Å². The predicted octanol–water partition coefficient (Wildman–Crippen LogP) is 0.771. The van der Waals surface area contributed by atoms with Crippen molar-refractivity contribution >= 4 is 29.2 Å². The lowest BCUT2D eigenvalue weighted by Gasteiger charge is -2.35. The molecule has 0 atom stereocenters. The molecule has 10 heteroatoms. The Bertz CT molecular complexity index is 806. The van der Waals surface area contributed by atoms with E-state index in [-0.39, 0.29) is 12.5 Å². The summed E-state index contributed by atoms with van der Waals surface area (Å²) in [5.74, 6) is 1.19. The Morgan fingerprint density at radius 2 is 2.22 bits per heavy atom. The van der Waals surface area contributed by atoms with Crippen molar-refractivity contribution in [3.63, 3.8) is 0 Å². The molecule has 27 heavy (non-hydrogen) atoms. The SMILES string of the molecule is CN=C(NCCOc1ccc(Cl)cn1)N1CCN(c2cnn(C)c2)C(=O)C1. The van der Waals surface area contributed by atoms with Crippen LogP contribution in [0.15, 0.2) is 35.7 Å². The van der Waals surface area contributed by atoms with Gasteiger partial charge in [-0.2, -0.15) is 5.10 Å². The number of aryl methyl sites for hydroxylation is 1. The predicted molar refractivity (Wildman–Crippen MR) is 103 cm³/mol. The number of aromatic nitrogens is 3. The fourth-order valence-corrected chi connectivity index (χ4v) is 2.88. The Hall–Kier alpha value is -2.81. The molecule has 0 bridgehead atoms. The van der Waals surface area contributed by atoms with E-state index in [9.17, 15) is 4.79 Å². The first-order chi connectivity index (χ1) is 13.1. The smallest absolute Gasteiger partial charge is 0.246 e. The first-order valence-electron chi connectivity index (χ1n) is 8.56. The number of carbonyl (C=O) groups excluding carboxylic acids is 1. The van der Waals surface area contributed by atoms with E-state index in [0.29, 0.717) is 43.1 Å². The number of carbonyl (C=O) groups is 1. The lowest BCUT2D eigenvalue weighted by molar-refractivity contribution is -0.120. The Morgan fingerprint density at radius 3 is 2.85 bits per heavy atom. The van der Waals surface area contributed by atoms with Crippen LogP contribution in [0.4, 0.5) is 5.69 Å². The monoisotopic (exact) mass is 391 g/mol. The van der Waals surface area contributed by atoms with Gasteiger partial charge in [-0.25, -0.2) is 4.98 Å². The summed E-state index contributed by atoms with van der Waals surface area (Å²) in [6.45, 7) is 2.47. The van der Waals surface area contributed by atoms with E-state index in [4.69, 9.17) is 16.3 Å². The lowest BCUT2D eigenvalue weighted by atomic mass is 10.3. The molecule has 1 N–H and O–H groups in total. The van der Waals surface area contributed by atoms with Gasteiger partial charge in [0.2, 0.25) is 11.8 Å². The summed E-state index contributed by atoms with van der Waals surface area (Å²) in [6, 6.07) is 3.44. The minimum Gasteiger partial charge on any atom is -0.476 e. The van der Waals surface area contributed by atoms with E-state index in [2.05, 4.69) is 20.4 Å². The summed E-state index contributed by atoms with van der Waals surface area (Å²) in [6.07, 6.45) is 5.07. The Morgan fingerprint density at radius 1 is 1.37 bits per heavy atom. The van der Waals surface area contributed by atoms with E-state index >= 15 is 0 Å². The van der Waals surface area contributed by atoms with E-state index in [1.807, 2.05) is 18.1 Å². The van der Waals surface area contributed by atoms with Crippen LogP contribution in [0.3, 0.4) is 0 Å². The molecule has 9 nitrogen and oxygen atoms in total. The van der Waals surface area contributed by atoms with Gasteiger partial charge in [-0.05, 0) is 6.07 Å². The number of amides is 1. The lowest BCUT2D eigenvalue weighted by Crippen LogP contribution is -2.55. The topological polar surface area (TPSA) is 87.9 Å². The standard InChI is InChI=1S/C17H22ClN7O2/c1-19-17(20-5-8-27-15-4-3-13(18)9-21-15)24-6-7-25(16(26)12-24)14-10-22-23(2)11-14/h3-4,9-11H,5-8,12H2,1-2H3,(H,19,20). The first kappa shape index (κ1) is 19.0. The summed E-state index contributed by atoms with van der Waals surface area (Å²) < 4.78 is 7.24. The van der Waals surface area contributed by atoms with Crippen molar-refractivity contribution in [2.24, 2.45) is 12.0 Å². The van der Waals surface area contributed by atoms with Crippen molar-refractivity contribution in [2.45, 2.75) is 0 Å². The van der Waals surface area contributed by atoms with Gasteiger partial charge in [0.15, 0.2) is 5.96 Å². The minimum atomic E-state index is 0.0128. The molecular formula is C17H22ClN7O2. The van der Waals surface area contributed by atoms with Gasteiger partial charge in [-0.1, -0.05) is 11.6 Å². The van der Waals surface area contributed by atoms with Crippen LogP contribution >= 0.6 is 11.6 Å². The van der Waals surface area contributed by atoms with Gasteiger partial charge in [0.25, 0.3) is 0 Å². The highest BCUT2D eigenvalue weighted by Crippen LogP contribution is 2.16. The van der Waals surface area contributed by atoms with Crippen LogP contribution in [0.25, 0.3) is 0 Å². The maximum absolute atomic E-state index is 12.5. The van der Waals surface area contributed by atoms with Crippen LogP contribution in [-0.2, 0) is 11.8 Å². The number of hydrogen-bond acceptors (Lipinski definition) is 5. The zero-order chi connectivity index (χ0) is 19.2. The number of nitrogens with zero attached hydrogens (tertiary/aromatic N) is 6. The van der Waals surface area contributed by atoms with Gasteiger partial charge in [0.1, 0.15) is 13.2 Å². The molecule has 3 heterocycles. The second-order valence-corrected chi connectivity index (χ2v) is 6.41. The van der Waals surface area contributed by atoms with E-state index in [0.717, 1.165) is 5.69 Å². The van der Waals surface area contributed by atoms with E-state index < -0.39 is 0 Å². The Balaban J connectivity index is 1.47. The molecule has 0 aromatic carbocycles. The fraction of sp³-hybridized carbons (Fsp3) is 0.412. The van der Waals surface area contributed by atoms with Crippen LogP contribution in [0.1, 0.15) is 0 Å². The molecule has 1 aliphatic heterocycles. The second kappa shape index (κ2) is 8.72. The van der Waals surface area contributed by atoms with Crippen molar-refractivity contribution in [1.29, 1.82) is 0 Å². The molecule has 0 radical (unpaired) electrons. The van der Waals surface area contributed by atoms with Gasteiger partial charge in [0, 0.05) is 45.6 Å². The summed E-state index contributed by atoms with van der Waals surface area (Å²) in [5, 5.41) is 7.90. The zero-order valence-electron chi connectivity index (χ0n) is 15.3. The molecule has 0 unspecified atom stereocenters. The maximum atomic E-state index is 12.5. The Kier molecular flexibility index (Phi) is 6.12. The third-order valence-corrected chi connectivity index (χ3v) is 4.29. The summed E-state index contributed by atoms with van der Waals surface area (Å²) in [4.78, 5) is 24.5. The average Bonchev–Trinajstić information content (AvgIpc) is 3.09. The van der Waals surface area contributed by atoms with Crippen LogP contribution in [-0.4, -0.2) is 71.4 Å². The largest absolute Gasteiger partial charge is 0.476 e. The molecule has 1 saturated heterocycles. The number of rotatable bonds is 5. The molecule has 1 aliphatic rings. The Labute approximate surface area is 162 Å². The number of ether oxygens (including phenoxy) is 1. The summed E-state index contributed by atoms with van der Waals surface area (Å²) >= 11 is 5.79. The number of halogens is 1. The second-order valence-electron chi connectivity index (χ2n) is 5.98. The fourth-order valence-electron chi connectivity index (χ4n) is 2.77. The highest BCUT2D eigenvalue weighted by Gasteiger charge is 2.27. The molecule has 2 aromatic rings. The molecule has 144 valence electrons. The van der Waals surface area contributed by atoms with Gasteiger partial charge >= 0.3 is 0 Å². The molecule has 1 amide bonds. The quantitative estimate of drug-likeness (QED) is 0.460. The molecule has 0 aliphatic carbocycles. The zero-order valence-corrected chi connectivity index (χ0v) is 16.1. The van der Waals surface area contributed by atoms with Gasteiger partial charge in [-0.3, -0.25) is 14.5 Å². The van der Waals surface area contributed by atoms with Gasteiger partial charge in [-0.15, -0.1) is 0 Å². The van der Waals surface area contributed by atoms with Crippen molar-refractivity contribution in [2.75, 3.05) is 44.7 Å². The highest BCUT2D eigenvalue weighted by atomic mass is 35.5. The number of guanidine groups is 1. The number of nitrogens with one attached hydrogen (secondary N) is 1. The number of aliphatic imine (C=N–C) groups is 1. The van der Waals surface area contributed by atoms with Crippen molar-refractivity contribution in [3.8, 4) is 5.88 Å². The highest BCUT2D eigenvalue weighted by molar-refractivity contribution is 6.30. The summed E-state index contributed by atoms with van der Waals surface area (Å²) in [5.41, 5.74) is 0.814. The van der Waals surface area contributed by atoms with E-state index in [1.165, 1.54) is 6.20 Å².